The second-order valence-corrected chi connectivity index (χ2v) is 5.36. The molecule has 2 rings (SSSR count). The van der Waals surface area contributed by atoms with E-state index in [4.69, 9.17) is 14.2 Å². The van der Waals surface area contributed by atoms with Crippen molar-refractivity contribution in [3.05, 3.63) is 54.1 Å². The maximum absolute atomic E-state index is 11.5. The van der Waals surface area contributed by atoms with Gasteiger partial charge in [-0.2, -0.15) is 0 Å². The summed E-state index contributed by atoms with van der Waals surface area (Å²) < 4.78 is 16.3. The predicted octanol–water partition coefficient (Wildman–Crippen LogP) is 4.25. The minimum atomic E-state index is -0.344. The van der Waals surface area contributed by atoms with Crippen LogP contribution in [0.4, 0.5) is 4.79 Å². The predicted molar refractivity (Wildman–Crippen MR) is 92.8 cm³/mol. The summed E-state index contributed by atoms with van der Waals surface area (Å²) in [6.07, 6.45) is -0.344. The number of benzene rings is 2. The molecular weight excluding hydrogens is 306 g/mol. The fraction of sp³-hybridized carbons (Fsp3) is 0.316. The molecule has 2 aromatic carbocycles. The largest absolute Gasteiger partial charge is 0.492 e. The molecular formula is C19H23NO4. The van der Waals surface area contributed by atoms with Gasteiger partial charge in [-0.1, -0.05) is 12.1 Å². The van der Waals surface area contributed by atoms with Gasteiger partial charge in [0.15, 0.2) is 0 Å². The highest BCUT2D eigenvalue weighted by atomic mass is 16.6. The van der Waals surface area contributed by atoms with Crippen molar-refractivity contribution in [1.29, 1.82) is 0 Å². The van der Waals surface area contributed by atoms with Crippen molar-refractivity contribution >= 4 is 6.09 Å². The number of carbonyl (C=O) groups excluding carboxylic acids is 1. The molecule has 0 spiro atoms. The molecule has 0 fully saturated rings. The highest BCUT2D eigenvalue weighted by molar-refractivity contribution is 5.67. The highest BCUT2D eigenvalue weighted by Crippen LogP contribution is 2.24. The lowest BCUT2D eigenvalue weighted by molar-refractivity contribution is 0.110. The van der Waals surface area contributed by atoms with Gasteiger partial charge in [-0.25, -0.2) is 4.79 Å². The van der Waals surface area contributed by atoms with Crippen LogP contribution in [0.25, 0.3) is 0 Å². The Labute approximate surface area is 142 Å². The van der Waals surface area contributed by atoms with Crippen molar-refractivity contribution in [2.45, 2.75) is 13.8 Å². The molecule has 2 aromatic rings. The van der Waals surface area contributed by atoms with E-state index in [0.717, 1.165) is 22.8 Å². The van der Waals surface area contributed by atoms with Gasteiger partial charge in [-0.3, -0.25) is 0 Å². The van der Waals surface area contributed by atoms with Crippen LogP contribution in [0.5, 0.6) is 17.2 Å². The number of rotatable bonds is 7. The van der Waals surface area contributed by atoms with E-state index in [1.54, 1.807) is 14.0 Å². The summed E-state index contributed by atoms with van der Waals surface area (Å²) in [6.45, 7) is 5.03. The van der Waals surface area contributed by atoms with Crippen LogP contribution in [0, 0.1) is 6.92 Å². The number of hydrogen-bond donors (Lipinski definition) is 0. The maximum atomic E-state index is 11.5. The van der Waals surface area contributed by atoms with Gasteiger partial charge in [0.05, 0.1) is 13.2 Å². The number of ether oxygens (including phenoxy) is 3. The first-order valence-electron chi connectivity index (χ1n) is 7.93. The molecule has 0 bridgehead atoms. The molecule has 1 amide bonds. The molecule has 0 saturated heterocycles. The molecule has 0 N–H and O–H groups in total. The van der Waals surface area contributed by atoms with E-state index in [1.807, 2.05) is 55.5 Å². The molecule has 0 aliphatic rings. The molecule has 24 heavy (non-hydrogen) atoms. The third kappa shape index (κ3) is 5.50. The maximum Gasteiger partial charge on any atom is 0.409 e. The summed E-state index contributed by atoms with van der Waals surface area (Å²) in [7, 11) is 1.68. The summed E-state index contributed by atoms with van der Waals surface area (Å²) in [6, 6.07) is 15.3. The van der Waals surface area contributed by atoms with Crippen LogP contribution in [0.1, 0.15) is 12.5 Å². The summed E-state index contributed by atoms with van der Waals surface area (Å²) in [5.74, 6) is 2.28. The fourth-order valence-electron chi connectivity index (χ4n) is 2.04. The third-order valence-corrected chi connectivity index (χ3v) is 3.32. The second kappa shape index (κ2) is 8.82. The van der Waals surface area contributed by atoms with Gasteiger partial charge in [0.25, 0.3) is 0 Å². The van der Waals surface area contributed by atoms with Crippen molar-refractivity contribution in [2.24, 2.45) is 0 Å². The molecule has 0 aliphatic carbocycles. The standard InChI is InChI=1S/C19H23NO4/c1-4-22-19(21)20(3)12-13-23-16-8-10-17(11-9-16)24-18-7-5-6-15(2)14-18/h5-11,14H,4,12-13H2,1-3H3. The first-order valence-corrected chi connectivity index (χ1v) is 7.93. The van der Waals surface area contributed by atoms with E-state index in [9.17, 15) is 4.79 Å². The van der Waals surface area contributed by atoms with Gasteiger partial charge in [0.2, 0.25) is 0 Å². The van der Waals surface area contributed by atoms with Gasteiger partial charge in [-0.05, 0) is 55.8 Å². The molecule has 0 aromatic heterocycles. The van der Waals surface area contributed by atoms with Gasteiger partial charge < -0.3 is 19.1 Å². The summed E-state index contributed by atoms with van der Waals surface area (Å²) in [5, 5.41) is 0. The van der Waals surface area contributed by atoms with Crippen molar-refractivity contribution in [1.82, 2.24) is 4.90 Å². The zero-order valence-electron chi connectivity index (χ0n) is 14.3. The molecule has 128 valence electrons. The van der Waals surface area contributed by atoms with Crippen molar-refractivity contribution in [3.63, 3.8) is 0 Å². The zero-order chi connectivity index (χ0) is 17.4. The lowest BCUT2D eigenvalue weighted by Gasteiger charge is -2.16. The Kier molecular flexibility index (Phi) is 6.49. The summed E-state index contributed by atoms with van der Waals surface area (Å²) in [4.78, 5) is 12.9. The Morgan fingerprint density at radius 1 is 1.04 bits per heavy atom. The second-order valence-electron chi connectivity index (χ2n) is 5.36. The SMILES string of the molecule is CCOC(=O)N(C)CCOc1ccc(Oc2cccc(C)c2)cc1. The van der Waals surface area contributed by atoms with Crippen LogP contribution >= 0.6 is 0 Å². The Morgan fingerprint density at radius 3 is 2.42 bits per heavy atom. The topological polar surface area (TPSA) is 48.0 Å². The van der Waals surface area contributed by atoms with Gasteiger partial charge in [0, 0.05) is 7.05 Å². The number of carbonyl (C=O) groups is 1. The Hall–Kier alpha value is -2.69. The van der Waals surface area contributed by atoms with Crippen molar-refractivity contribution < 1.29 is 19.0 Å². The van der Waals surface area contributed by atoms with E-state index < -0.39 is 0 Å². The average Bonchev–Trinajstić information content (AvgIpc) is 2.56. The Morgan fingerprint density at radius 2 is 1.75 bits per heavy atom. The number of hydrogen-bond acceptors (Lipinski definition) is 4. The van der Waals surface area contributed by atoms with E-state index in [-0.39, 0.29) is 6.09 Å². The number of nitrogens with zero attached hydrogens (tertiary/aromatic N) is 1. The van der Waals surface area contributed by atoms with Crippen LogP contribution in [0.2, 0.25) is 0 Å². The minimum Gasteiger partial charge on any atom is -0.492 e. The monoisotopic (exact) mass is 329 g/mol. The highest BCUT2D eigenvalue weighted by Gasteiger charge is 2.08. The fourth-order valence-corrected chi connectivity index (χ4v) is 2.04. The smallest absolute Gasteiger partial charge is 0.409 e. The van der Waals surface area contributed by atoms with Crippen molar-refractivity contribution in [2.75, 3.05) is 26.8 Å². The third-order valence-electron chi connectivity index (χ3n) is 3.32. The molecule has 0 saturated carbocycles. The number of likely N-dealkylation sites (N-methyl/N-ethyl adjacent to an activating group) is 1. The van der Waals surface area contributed by atoms with Crippen LogP contribution in [0.15, 0.2) is 48.5 Å². The van der Waals surface area contributed by atoms with E-state index in [0.29, 0.717) is 19.8 Å². The lowest BCUT2D eigenvalue weighted by Crippen LogP contribution is -2.31. The van der Waals surface area contributed by atoms with E-state index >= 15 is 0 Å². The van der Waals surface area contributed by atoms with E-state index in [2.05, 4.69) is 0 Å². The van der Waals surface area contributed by atoms with Crippen LogP contribution in [0.3, 0.4) is 0 Å². The number of amides is 1. The minimum absolute atomic E-state index is 0.344. The lowest BCUT2D eigenvalue weighted by atomic mass is 10.2. The van der Waals surface area contributed by atoms with Crippen LogP contribution in [-0.4, -0.2) is 37.8 Å². The van der Waals surface area contributed by atoms with Crippen LogP contribution in [-0.2, 0) is 4.74 Å². The van der Waals surface area contributed by atoms with Crippen LogP contribution < -0.4 is 9.47 Å². The quantitative estimate of drug-likeness (QED) is 0.762. The summed E-state index contributed by atoms with van der Waals surface area (Å²) >= 11 is 0. The average molecular weight is 329 g/mol. The molecule has 0 aliphatic heterocycles. The molecule has 5 heteroatoms. The summed E-state index contributed by atoms with van der Waals surface area (Å²) in [5.41, 5.74) is 1.15. The Bertz CT molecular complexity index is 655. The first kappa shape index (κ1) is 17.7. The molecule has 0 radical (unpaired) electrons. The number of aryl methyl sites for hydroxylation is 1. The Balaban J connectivity index is 1.81. The van der Waals surface area contributed by atoms with Crippen molar-refractivity contribution in [3.8, 4) is 17.2 Å². The molecule has 5 nitrogen and oxygen atoms in total. The first-order chi connectivity index (χ1) is 11.6. The van der Waals surface area contributed by atoms with Gasteiger partial charge in [0.1, 0.15) is 23.9 Å². The van der Waals surface area contributed by atoms with Gasteiger partial charge in [-0.15, -0.1) is 0 Å². The molecule has 0 atom stereocenters. The molecule has 0 unspecified atom stereocenters. The normalized spacial score (nSPS) is 10.1. The zero-order valence-corrected chi connectivity index (χ0v) is 14.3. The van der Waals surface area contributed by atoms with Gasteiger partial charge >= 0.3 is 6.09 Å². The van der Waals surface area contributed by atoms with E-state index in [1.165, 1.54) is 4.90 Å². The molecule has 0 heterocycles.